The molecule has 0 amide bonds. The van der Waals surface area contributed by atoms with Gasteiger partial charge in [0.05, 0.1) is 40.3 Å². The fourth-order valence-electron chi connectivity index (χ4n) is 5.09. The highest BCUT2D eigenvalue weighted by Crippen LogP contribution is 2.12. The maximum absolute atomic E-state index is 12.6. The lowest BCUT2D eigenvalue weighted by Gasteiger charge is -2.34. The molecule has 47 heavy (non-hydrogen) atoms. The first kappa shape index (κ1) is 44.5. The van der Waals surface area contributed by atoms with Crippen LogP contribution >= 0.6 is 0 Å². The number of ether oxygens (including phenoxy) is 3. The minimum atomic E-state index is -1.13. The summed E-state index contributed by atoms with van der Waals surface area (Å²) in [4.78, 5) is 36.6. The number of rotatable bonds is 32. The Kier molecular flexibility index (Phi) is 29.2. The number of aliphatic carboxylic acids is 1. The van der Waals surface area contributed by atoms with Crippen molar-refractivity contribution in [2.45, 2.75) is 154 Å². The number of carboxylic acid groups (broad SMARTS) is 1. The van der Waals surface area contributed by atoms with E-state index in [-0.39, 0.29) is 42.7 Å². The molecule has 0 fully saturated rings. The number of carbonyl (C=O) groups excluding carboxylic acids is 3. The van der Waals surface area contributed by atoms with E-state index in [9.17, 15) is 19.5 Å². The first-order chi connectivity index (χ1) is 22.6. The van der Waals surface area contributed by atoms with Crippen molar-refractivity contribution < 1.29 is 38.2 Å². The van der Waals surface area contributed by atoms with Crippen molar-refractivity contribution in [3.8, 4) is 0 Å². The van der Waals surface area contributed by atoms with Gasteiger partial charge in [0.2, 0.25) is 0 Å². The van der Waals surface area contributed by atoms with Gasteiger partial charge < -0.3 is 28.6 Å². The highest BCUT2D eigenvalue weighted by atomic mass is 16.6. The zero-order valence-corrected chi connectivity index (χ0v) is 30.7. The van der Waals surface area contributed by atoms with E-state index in [4.69, 9.17) is 14.2 Å². The molecule has 272 valence electrons. The minimum absolute atomic E-state index is 0.0323. The van der Waals surface area contributed by atoms with Crippen molar-refractivity contribution in [1.82, 2.24) is 0 Å². The van der Waals surface area contributed by atoms with Crippen LogP contribution in [-0.4, -0.2) is 75.5 Å². The van der Waals surface area contributed by atoms with Crippen molar-refractivity contribution in [2.75, 3.05) is 41.0 Å². The number of esters is 2. The van der Waals surface area contributed by atoms with Crippen molar-refractivity contribution in [1.29, 1.82) is 0 Å². The number of nitrogens with zero attached hydrogens (tertiary/aromatic N) is 1. The molecule has 0 aliphatic heterocycles. The number of allylic oxidation sites excluding steroid dienone is 6. The Morgan fingerprint density at radius 1 is 0.660 bits per heavy atom. The average molecular weight is 664 g/mol. The highest BCUT2D eigenvalue weighted by molar-refractivity contribution is 5.70. The molecular formula is C39H69NO7. The van der Waals surface area contributed by atoms with Crippen LogP contribution in [0.15, 0.2) is 36.5 Å². The van der Waals surface area contributed by atoms with Crippen LogP contribution in [0, 0.1) is 0 Å². The van der Waals surface area contributed by atoms with Gasteiger partial charge in [-0.3, -0.25) is 9.59 Å². The Labute approximate surface area is 287 Å². The Bertz CT molecular complexity index is 875. The summed E-state index contributed by atoms with van der Waals surface area (Å²) in [5.41, 5.74) is 0. The van der Waals surface area contributed by atoms with Crippen LogP contribution < -0.4 is 5.11 Å². The van der Waals surface area contributed by atoms with Gasteiger partial charge in [0, 0.05) is 19.3 Å². The molecule has 0 heterocycles. The van der Waals surface area contributed by atoms with E-state index >= 15 is 0 Å². The molecule has 0 radical (unpaired) electrons. The second kappa shape index (κ2) is 30.9. The molecule has 2 unspecified atom stereocenters. The molecule has 2 atom stereocenters. The summed E-state index contributed by atoms with van der Waals surface area (Å²) >= 11 is 0. The van der Waals surface area contributed by atoms with E-state index in [0.717, 1.165) is 83.5 Å². The third-order valence-corrected chi connectivity index (χ3v) is 8.01. The number of likely N-dealkylation sites (N-methyl/N-ethyl adjacent to an activating group) is 1. The SMILES string of the molecule is CC/C=C/C/C=C/CCCCCCCC(=O)OC(COCCC(C(=O)[O-])[N+](C)(C)C)COC(=O)CCCCCCC/C=C/CCCC. The number of unbranched alkanes of at least 4 members (excludes halogenated alkanes) is 12. The number of carbonyl (C=O) groups is 3. The van der Waals surface area contributed by atoms with Crippen LogP contribution in [0.1, 0.15) is 142 Å². The van der Waals surface area contributed by atoms with Crippen LogP contribution in [0.5, 0.6) is 0 Å². The monoisotopic (exact) mass is 664 g/mol. The Morgan fingerprint density at radius 2 is 1.19 bits per heavy atom. The van der Waals surface area contributed by atoms with E-state index in [1.807, 2.05) is 0 Å². The first-order valence-electron chi connectivity index (χ1n) is 18.5. The van der Waals surface area contributed by atoms with E-state index in [1.54, 1.807) is 21.1 Å². The summed E-state index contributed by atoms with van der Waals surface area (Å²) in [6.07, 6.45) is 31.7. The summed E-state index contributed by atoms with van der Waals surface area (Å²) in [5, 5.41) is 11.6. The number of hydrogen-bond acceptors (Lipinski definition) is 7. The third-order valence-electron chi connectivity index (χ3n) is 8.01. The van der Waals surface area contributed by atoms with Gasteiger partial charge in [-0.25, -0.2) is 0 Å². The van der Waals surface area contributed by atoms with Crippen molar-refractivity contribution in [3.63, 3.8) is 0 Å². The lowest BCUT2D eigenvalue weighted by Crippen LogP contribution is -2.55. The molecule has 0 aromatic rings. The molecule has 0 aromatic carbocycles. The van der Waals surface area contributed by atoms with Gasteiger partial charge in [0.25, 0.3) is 0 Å². The zero-order chi connectivity index (χ0) is 35.0. The number of carboxylic acids is 1. The Hall–Kier alpha value is -2.45. The van der Waals surface area contributed by atoms with Crippen molar-refractivity contribution in [2.24, 2.45) is 0 Å². The van der Waals surface area contributed by atoms with Crippen molar-refractivity contribution >= 4 is 17.9 Å². The van der Waals surface area contributed by atoms with Crippen LogP contribution in [0.4, 0.5) is 0 Å². The summed E-state index contributed by atoms with van der Waals surface area (Å²) < 4.78 is 17.0. The second-order valence-corrected chi connectivity index (χ2v) is 13.4. The maximum atomic E-state index is 12.6. The lowest BCUT2D eigenvalue weighted by molar-refractivity contribution is -0.889. The molecule has 0 saturated heterocycles. The zero-order valence-electron chi connectivity index (χ0n) is 30.7. The fraction of sp³-hybridized carbons (Fsp3) is 0.769. The number of hydrogen-bond donors (Lipinski definition) is 0. The van der Waals surface area contributed by atoms with Gasteiger partial charge in [0.15, 0.2) is 6.10 Å². The van der Waals surface area contributed by atoms with E-state index < -0.39 is 18.1 Å². The topological polar surface area (TPSA) is 102 Å². The van der Waals surface area contributed by atoms with Gasteiger partial charge in [0.1, 0.15) is 12.6 Å². The molecule has 0 aromatic heterocycles. The second-order valence-electron chi connectivity index (χ2n) is 13.4. The van der Waals surface area contributed by atoms with Crippen LogP contribution in [0.3, 0.4) is 0 Å². The summed E-state index contributed by atoms with van der Waals surface area (Å²) in [6, 6.07) is -0.727. The van der Waals surface area contributed by atoms with Gasteiger partial charge in [-0.2, -0.15) is 0 Å². The quantitative estimate of drug-likeness (QED) is 0.0313. The van der Waals surface area contributed by atoms with Crippen molar-refractivity contribution in [3.05, 3.63) is 36.5 Å². The molecular weight excluding hydrogens is 594 g/mol. The van der Waals surface area contributed by atoms with Gasteiger partial charge in [-0.15, -0.1) is 0 Å². The fourth-order valence-corrected chi connectivity index (χ4v) is 5.09. The molecule has 0 aliphatic carbocycles. The maximum Gasteiger partial charge on any atom is 0.306 e. The Balaban J connectivity index is 4.48. The standard InChI is InChI=1S/C39H69NO7/c1-6-8-10-12-14-16-18-20-22-24-26-28-30-38(42)47-35(33-45-32-31-36(39(43)44)40(3,4)5)34-46-37(41)29-27-25-23-21-19-17-15-13-11-9-7-2/h8,10,13-16,35-36H,6-7,9,11-12,17-34H2,1-5H3/b10-8+,15-13+,16-14+. The lowest BCUT2D eigenvalue weighted by atomic mass is 10.1. The molecule has 0 bridgehead atoms. The average Bonchev–Trinajstić information content (AvgIpc) is 3.01. The van der Waals surface area contributed by atoms with E-state index in [2.05, 4.69) is 50.3 Å². The summed E-state index contributed by atoms with van der Waals surface area (Å²) in [6.45, 7) is 4.46. The number of quaternary nitrogens is 1. The van der Waals surface area contributed by atoms with Crippen LogP contribution in [-0.2, 0) is 28.6 Å². The molecule has 8 heteroatoms. The molecule has 0 rings (SSSR count). The molecule has 0 saturated carbocycles. The van der Waals surface area contributed by atoms with Gasteiger partial charge in [-0.1, -0.05) is 102 Å². The largest absolute Gasteiger partial charge is 0.544 e. The van der Waals surface area contributed by atoms with Gasteiger partial charge >= 0.3 is 11.9 Å². The smallest absolute Gasteiger partial charge is 0.306 e. The highest BCUT2D eigenvalue weighted by Gasteiger charge is 2.25. The van der Waals surface area contributed by atoms with E-state index in [1.165, 1.54) is 25.7 Å². The summed E-state index contributed by atoms with van der Waals surface area (Å²) in [5.74, 6) is -1.77. The predicted octanol–water partition coefficient (Wildman–Crippen LogP) is 7.79. The van der Waals surface area contributed by atoms with Crippen LogP contribution in [0.25, 0.3) is 0 Å². The minimum Gasteiger partial charge on any atom is -0.544 e. The molecule has 8 nitrogen and oxygen atoms in total. The van der Waals surface area contributed by atoms with E-state index in [0.29, 0.717) is 12.8 Å². The molecule has 0 aliphatic rings. The van der Waals surface area contributed by atoms with Gasteiger partial charge in [-0.05, 0) is 57.8 Å². The first-order valence-corrected chi connectivity index (χ1v) is 18.5. The summed E-state index contributed by atoms with van der Waals surface area (Å²) in [7, 11) is 5.38. The molecule has 0 spiro atoms. The predicted molar refractivity (Wildman–Crippen MR) is 190 cm³/mol. The third kappa shape index (κ3) is 29.4. The normalized spacial score (nSPS) is 13.5. The Morgan fingerprint density at radius 3 is 1.77 bits per heavy atom. The molecule has 0 N–H and O–H groups in total. The van der Waals surface area contributed by atoms with Crippen LogP contribution in [0.2, 0.25) is 0 Å².